The average Bonchev–Trinajstić information content (AvgIpc) is 2.68. The molecule has 1 atom stereocenters. The number of sulfonamides is 1. The van der Waals surface area contributed by atoms with E-state index in [2.05, 4.69) is 5.32 Å². The maximum atomic E-state index is 13.1. The minimum Gasteiger partial charge on any atom is -0.482 e. The van der Waals surface area contributed by atoms with Gasteiger partial charge in [-0.2, -0.15) is 4.31 Å². The van der Waals surface area contributed by atoms with Crippen LogP contribution < -0.4 is 10.1 Å². The quantitative estimate of drug-likeness (QED) is 0.810. The third-order valence-corrected chi connectivity index (χ3v) is 6.89. The maximum Gasteiger partial charge on any atom is 0.262 e. The molecule has 0 bridgehead atoms. The van der Waals surface area contributed by atoms with Crippen LogP contribution in [0, 0.1) is 5.92 Å². The van der Waals surface area contributed by atoms with Crippen molar-refractivity contribution in [3.63, 3.8) is 0 Å². The van der Waals surface area contributed by atoms with Crippen molar-refractivity contribution in [2.24, 2.45) is 5.92 Å². The molecular weight excluding hydrogens is 370 g/mol. The normalized spacial score (nSPS) is 20.4. The van der Waals surface area contributed by atoms with Crippen molar-refractivity contribution in [1.29, 1.82) is 0 Å². The Kier molecular flexibility index (Phi) is 5.71. The van der Waals surface area contributed by atoms with Gasteiger partial charge in [0.1, 0.15) is 5.75 Å². The van der Waals surface area contributed by atoms with Crippen molar-refractivity contribution in [2.75, 3.05) is 38.1 Å². The highest BCUT2D eigenvalue weighted by molar-refractivity contribution is 7.89. The largest absolute Gasteiger partial charge is 0.482 e. The third kappa shape index (κ3) is 3.93. The van der Waals surface area contributed by atoms with Gasteiger partial charge < -0.3 is 15.0 Å². The van der Waals surface area contributed by atoms with Gasteiger partial charge in [0.25, 0.3) is 5.91 Å². The number of hydrogen-bond acceptors (Lipinski definition) is 5. The number of hydrogen-bond donors (Lipinski definition) is 1. The van der Waals surface area contributed by atoms with Crippen molar-refractivity contribution in [1.82, 2.24) is 9.21 Å². The fourth-order valence-corrected chi connectivity index (χ4v) is 5.08. The van der Waals surface area contributed by atoms with E-state index in [1.165, 1.54) is 16.4 Å². The molecule has 8 nitrogen and oxygen atoms in total. The summed E-state index contributed by atoms with van der Waals surface area (Å²) in [7, 11) is -3.76. The Hall–Kier alpha value is -2.13. The van der Waals surface area contributed by atoms with E-state index in [1.54, 1.807) is 11.0 Å². The zero-order chi connectivity index (χ0) is 19.6. The second-order valence-corrected chi connectivity index (χ2v) is 8.65. The number of amides is 2. The second-order valence-electron chi connectivity index (χ2n) is 6.71. The lowest BCUT2D eigenvalue weighted by Gasteiger charge is -2.34. The van der Waals surface area contributed by atoms with E-state index in [0.29, 0.717) is 43.9 Å². The molecule has 1 aromatic carbocycles. The lowest BCUT2D eigenvalue weighted by Crippen LogP contribution is -2.46. The molecule has 0 unspecified atom stereocenters. The van der Waals surface area contributed by atoms with Crippen LogP contribution in [0.2, 0.25) is 0 Å². The van der Waals surface area contributed by atoms with Crippen molar-refractivity contribution < 1.29 is 22.7 Å². The van der Waals surface area contributed by atoms with Gasteiger partial charge in [-0.3, -0.25) is 9.59 Å². The molecule has 2 heterocycles. The summed E-state index contributed by atoms with van der Waals surface area (Å²) in [6, 6.07) is 4.43. The van der Waals surface area contributed by atoms with Crippen LogP contribution in [0.3, 0.4) is 0 Å². The van der Waals surface area contributed by atoms with Crippen LogP contribution >= 0.6 is 0 Å². The Bertz CT molecular complexity index is 835. The van der Waals surface area contributed by atoms with Crippen LogP contribution in [0.1, 0.15) is 26.7 Å². The fourth-order valence-electron chi connectivity index (χ4n) is 3.53. The molecule has 1 fully saturated rings. The standard InChI is InChI=1S/C18H25N3O5S/c1-3-20(4-2)18(23)13-6-5-9-21(11-13)27(24,25)14-7-8-16-15(10-14)19-17(22)12-26-16/h7-8,10,13H,3-6,9,11-12H2,1-2H3,(H,19,22)/t13-/m0/s1. The number of benzene rings is 1. The first-order valence-corrected chi connectivity index (χ1v) is 10.7. The third-order valence-electron chi connectivity index (χ3n) is 5.03. The van der Waals surface area contributed by atoms with Gasteiger partial charge in [0.05, 0.1) is 16.5 Å². The molecule has 2 amide bonds. The number of anilines is 1. The van der Waals surface area contributed by atoms with Gasteiger partial charge in [0.2, 0.25) is 15.9 Å². The number of carbonyl (C=O) groups is 2. The molecule has 0 saturated carbocycles. The molecule has 0 aromatic heterocycles. The molecule has 2 aliphatic rings. The van der Waals surface area contributed by atoms with Gasteiger partial charge >= 0.3 is 0 Å². The summed E-state index contributed by atoms with van der Waals surface area (Å²) in [5.41, 5.74) is 0.347. The Morgan fingerprint density at radius 3 is 2.78 bits per heavy atom. The van der Waals surface area contributed by atoms with Crippen molar-refractivity contribution in [3.05, 3.63) is 18.2 Å². The van der Waals surface area contributed by atoms with Gasteiger partial charge in [-0.1, -0.05) is 0 Å². The summed E-state index contributed by atoms with van der Waals surface area (Å²) >= 11 is 0. The zero-order valence-corrected chi connectivity index (χ0v) is 16.4. The van der Waals surface area contributed by atoms with E-state index >= 15 is 0 Å². The molecule has 0 spiro atoms. The van der Waals surface area contributed by atoms with Crippen molar-refractivity contribution in [3.8, 4) is 5.75 Å². The van der Waals surface area contributed by atoms with Gasteiger partial charge in [-0.05, 0) is 44.9 Å². The first-order valence-electron chi connectivity index (χ1n) is 9.22. The smallest absolute Gasteiger partial charge is 0.262 e. The number of ether oxygens (including phenoxy) is 1. The molecule has 27 heavy (non-hydrogen) atoms. The highest BCUT2D eigenvalue weighted by atomic mass is 32.2. The molecule has 1 saturated heterocycles. The van der Waals surface area contributed by atoms with Crippen LogP contribution in [0.4, 0.5) is 5.69 Å². The predicted molar refractivity (Wildman–Crippen MR) is 100.0 cm³/mol. The monoisotopic (exact) mass is 395 g/mol. The summed E-state index contributed by atoms with van der Waals surface area (Å²) in [5, 5.41) is 2.62. The molecule has 148 valence electrons. The minimum absolute atomic E-state index is 0.00556. The number of rotatable bonds is 5. The number of nitrogens with zero attached hydrogens (tertiary/aromatic N) is 2. The summed E-state index contributed by atoms with van der Waals surface area (Å²) < 4.78 is 32.8. The Morgan fingerprint density at radius 2 is 2.07 bits per heavy atom. The Balaban J connectivity index is 1.81. The van der Waals surface area contributed by atoms with E-state index in [4.69, 9.17) is 4.74 Å². The van der Waals surface area contributed by atoms with Crippen LogP contribution in [-0.4, -0.2) is 62.2 Å². The number of piperidine rings is 1. The molecule has 3 rings (SSSR count). The first kappa shape index (κ1) is 19.6. The molecule has 1 N–H and O–H groups in total. The molecule has 9 heteroatoms. The highest BCUT2D eigenvalue weighted by Gasteiger charge is 2.35. The average molecular weight is 395 g/mol. The SMILES string of the molecule is CCN(CC)C(=O)[C@H]1CCCN(S(=O)(=O)c2ccc3c(c2)NC(=O)CO3)C1. The van der Waals surface area contributed by atoms with Crippen molar-refractivity contribution in [2.45, 2.75) is 31.6 Å². The second kappa shape index (κ2) is 7.85. The van der Waals surface area contributed by atoms with Gasteiger partial charge in [0, 0.05) is 26.2 Å². The highest BCUT2D eigenvalue weighted by Crippen LogP contribution is 2.32. The molecule has 0 radical (unpaired) electrons. The number of carbonyl (C=O) groups excluding carboxylic acids is 2. The van der Waals surface area contributed by atoms with Crippen LogP contribution in [0.25, 0.3) is 0 Å². The molecular formula is C18H25N3O5S. The first-order chi connectivity index (χ1) is 12.9. The Morgan fingerprint density at radius 1 is 1.33 bits per heavy atom. The van der Waals surface area contributed by atoms with Gasteiger partial charge in [0.15, 0.2) is 6.61 Å². The number of fused-ring (bicyclic) bond motifs is 1. The molecule has 1 aromatic rings. The van der Waals surface area contributed by atoms with Crippen LogP contribution in [-0.2, 0) is 19.6 Å². The minimum atomic E-state index is -3.76. The van der Waals surface area contributed by atoms with Crippen molar-refractivity contribution >= 4 is 27.5 Å². The lowest BCUT2D eigenvalue weighted by atomic mass is 9.98. The summed E-state index contributed by atoms with van der Waals surface area (Å²) in [6.45, 7) is 5.54. The van der Waals surface area contributed by atoms with E-state index in [0.717, 1.165) is 0 Å². The maximum absolute atomic E-state index is 13.1. The molecule has 2 aliphatic heterocycles. The van der Waals surface area contributed by atoms with Crippen LogP contribution in [0.15, 0.2) is 23.1 Å². The lowest BCUT2D eigenvalue weighted by molar-refractivity contribution is -0.136. The predicted octanol–water partition coefficient (Wildman–Crippen LogP) is 1.29. The topological polar surface area (TPSA) is 96.0 Å². The van der Waals surface area contributed by atoms with E-state index in [9.17, 15) is 18.0 Å². The van der Waals surface area contributed by atoms with E-state index in [1.807, 2.05) is 13.8 Å². The van der Waals surface area contributed by atoms with Crippen LogP contribution in [0.5, 0.6) is 5.75 Å². The van der Waals surface area contributed by atoms with Gasteiger partial charge in [-0.15, -0.1) is 0 Å². The number of nitrogens with one attached hydrogen (secondary N) is 1. The van der Waals surface area contributed by atoms with Gasteiger partial charge in [-0.25, -0.2) is 8.42 Å². The molecule has 0 aliphatic carbocycles. The summed E-state index contributed by atoms with van der Waals surface area (Å²) in [4.78, 5) is 26.0. The van der Waals surface area contributed by atoms with E-state index < -0.39 is 10.0 Å². The van der Waals surface area contributed by atoms with E-state index in [-0.39, 0.29) is 35.8 Å². The fraction of sp³-hybridized carbons (Fsp3) is 0.556. The summed E-state index contributed by atoms with van der Waals surface area (Å²) in [5.74, 6) is -0.193. The Labute approximate surface area is 159 Å². The summed E-state index contributed by atoms with van der Waals surface area (Å²) in [6.07, 6.45) is 1.33. The zero-order valence-electron chi connectivity index (χ0n) is 15.6.